The van der Waals surface area contributed by atoms with Crippen molar-refractivity contribution in [3.8, 4) is 17.6 Å². The molecule has 1 aromatic carbocycles. The summed E-state index contributed by atoms with van der Waals surface area (Å²) in [5.74, 6) is 1.13. The van der Waals surface area contributed by atoms with Gasteiger partial charge in [-0.05, 0) is 13.1 Å². The molecule has 1 aromatic rings. The van der Waals surface area contributed by atoms with Gasteiger partial charge in [0.1, 0.15) is 6.07 Å². The van der Waals surface area contributed by atoms with Crippen LogP contribution in [0.25, 0.3) is 0 Å². The van der Waals surface area contributed by atoms with Crippen LogP contribution in [0.4, 0.5) is 5.69 Å². The van der Waals surface area contributed by atoms with Crippen LogP contribution in [0.1, 0.15) is 12.0 Å². The largest absolute Gasteiger partial charge is 0.493 e. The van der Waals surface area contributed by atoms with Crippen LogP contribution >= 0.6 is 0 Å². The molecule has 6 heteroatoms. The number of nitriles is 1. The van der Waals surface area contributed by atoms with Crippen molar-refractivity contribution in [3.63, 3.8) is 0 Å². The maximum atomic E-state index is 9.13. The van der Waals surface area contributed by atoms with Crippen molar-refractivity contribution in [2.75, 3.05) is 46.6 Å². The molecule has 2 rings (SSSR count). The Bertz CT molecular complexity index is 548. The van der Waals surface area contributed by atoms with Crippen LogP contribution in [0.15, 0.2) is 17.1 Å². The maximum Gasteiger partial charge on any atom is 0.162 e. The monoisotopic (exact) mass is 303 g/mol. The average molecular weight is 303 g/mol. The lowest BCUT2D eigenvalue weighted by Crippen LogP contribution is -2.37. The summed E-state index contributed by atoms with van der Waals surface area (Å²) in [6.45, 7) is 8.55. The zero-order valence-corrected chi connectivity index (χ0v) is 12.9. The maximum absolute atomic E-state index is 9.13. The van der Waals surface area contributed by atoms with Crippen molar-refractivity contribution < 1.29 is 14.2 Å². The van der Waals surface area contributed by atoms with E-state index in [0.29, 0.717) is 29.4 Å². The third-order valence-electron chi connectivity index (χ3n) is 3.55. The predicted molar refractivity (Wildman–Crippen MR) is 84.3 cm³/mol. The average Bonchev–Trinajstić information content (AvgIpc) is 2.58. The molecule has 0 saturated carbocycles. The number of benzene rings is 1. The first-order valence-electron chi connectivity index (χ1n) is 7.30. The number of rotatable bonds is 7. The quantitative estimate of drug-likeness (QED) is 0.569. The smallest absolute Gasteiger partial charge is 0.162 e. The van der Waals surface area contributed by atoms with Gasteiger partial charge in [0.05, 0.1) is 38.2 Å². The Balaban J connectivity index is 1.91. The Morgan fingerprint density at radius 2 is 2.14 bits per heavy atom. The predicted octanol–water partition coefficient (Wildman–Crippen LogP) is 2.00. The Kier molecular flexibility index (Phi) is 6.19. The van der Waals surface area contributed by atoms with E-state index < -0.39 is 0 Å². The molecule has 0 aliphatic carbocycles. The number of morpholine rings is 1. The first kappa shape index (κ1) is 16.3. The summed E-state index contributed by atoms with van der Waals surface area (Å²) in [4.78, 5) is 6.18. The van der Waals surface area contributed by atoms with Crippen molar-refractivity contribution in [3.05, 3.63) is 17.7 Å². The highest BCUT2D eigenvalue weighted by Crippen LogP contribution is 2.34. The highest BCUT2D eigenvalue weighted by molar-refractivity contribution is 5.64. The van der Waals surface area contributed by atoms with Gasteiger partial charge in [-0.15, -0.1) is 0 Å². The van der Waals surface area contributed by atoms with E-state index in [1.807, 2.05) is 0 Å². The normalized spacial score (nSPS) is 15.1. The van der Waals surface area contributed by atoms with Crippen molar-refractivity contribution in [2.24, 2.45) is 4.99 Å². The summed E-state index contributed by atoms with van der Waals surface area (Å²) in [6.07, 6.45) is 0.909. The van der Waals surface area contributed by atoms with Crippen LogP contribution in [0.5, 0.6) is 11.5 Å². The van der Waals surface area contributed by atoms with Crippen molar-refractivity contribution in [1.82, 2.24) is 4.90 Å². The number of nitrogens with zero attached hydrogens (tertiary/aromatic N) is 3. The Morgan fingerprint density at radius 1 is 1.36 bits per heavy atom. The first-order chi connectivity index (χ1) is 10.8. The van der Waals surface area contributed by atoms with Crippen LogP contribution in [0.3, 0.4) is 0 Å². The van der Waals surface area contributed by atoms with Crippen molar-refractivity contribution in [1.29, 1.82) is 5.26 Å². The number of hydrogen-bond donors (Lipinski definition) is 0. The molecule has 0 aromatic heterocycles. The van der Waals surface area contributed by atoms with Gasteiger partial charge < -0.3 is 14.2 Å². The van der Waals surface area contributed by atoms with E-state index >= 15 is 0 Å². The summed E-state index contributed by atoms with van der Waals surface area (Å²) in [5, 5.41) is 9.13. The van der Waals surface area contributed by atoms with E-state index in [2.05, 4.69) is 22.7 Å². The second-order valence-corrected chi connectivity index (χ2v) is 4.95. The molecule has 22 heavy (non-hydrogen) atoms. The molecule has 6 nitrogen and oxygen atoms in total. The second kappa shape index (κ2) is 8.37. The minimum atomic E-state index is 0.430. The second-order valence-electron chi connectivity index (χ2n) is 4.95. The molecule has 1 saturated heterocycles. The summed E-state index contributed by atoms with van der Waals surface area (Å²) in [7, 11) is 1.56. The van der Waals surface area contributed by atoms with Gasteiger partial charge in [0.15, 0.2) is 11.5 Å². The molecule has 1 aliphatic rings. The van der Waals surface area contributed by atoms with E-state index in [0.717, 1.165) is 39.3 Å². The van der Waals surface area contributed by atoms with Gasteiger partial charge in [0.25, 0.3) is 0 Å². The minimum absolute atomic E-state index is 0.430. The van der Waals surface area contributed by atoms with E-state index in [-0.39, 0.29) is 0 Å². The fourth-order valence-electron chi connectivity index (χ4n) is 2.34. The molecule has 0 bridgehead atoms. The standard InChI is InChI=1S/C16H21N3O3/c1-18-14-11-15(20-2)16(10-13(14)12-17)22-7-3-4-19-5-8-21-9-6-19/h10-11H,1,3-9H2,2H3. The summed E-state index contributed by atoms with van der Waals surface area (Å²) >= 11 is 0. The topological polar surface area (TPSA) is 67.1 Å². The summed E-state index contributed by atoms with van der Waals surface area (Å²) in [6, 6.07) is 5.41. The molecular formula is C16H21N3O3. The number of methoxy groups -OCH3 is 1. The third kappa shape index (κ3) is 4.20. The third-order valence-corrected chi connectivity index (χ3v) is 3.55. The molecule has 0 spiro atoms. The molecule has 1 heterocycles. The molecule has 118 valence electrons. The first-order valence-corrected chi connectivity index (χ1v) is 7.30. The van der Waals surface area contributed by atoms with Gasteiger partial charge in [-0.25, -0.2) is 0 Å². The molecular weight excluding hydrogens is 282 g/mol. The van der Waals surface area contributed by atoms with E-state index in [9.17, 15) is 0 Å². The van der Waals surface area contributed by atoms with Gasteiger partial charge in [0.2, 0.25) is 0 Å². The van der Waals surface area contributed by atoms with Crippen molar-refractivity contribution in [2.45, 2.75) is 6.42 Å². The Labute approximate surface area is 130 Å². The van der Waals surface area contributed by atoms with E-state index in [4.69, 9.17) is 19.5 Å². The number of hydrogen-bond acceptors (Lipinski definition) is 6. The zero-order valence-electron chi connectivity index (χ0n) is 12.9. The highest BCUT2D eigenvalue weighted by atomic mass is 16.5. The fraction of sp³-hybridized carbons (Fsp3) is 0.500. The molecule has 1 aliphatic heterocycles. The Hall–Kier alpha value is -2.10. The summed E-state index contributed by atoms with van der Waals surface area (Å²) in [5.41, 5.74) is 0.930. The Morgan fingerprint density at radius 3 is 2.77 bits per heavy atom. The number of ether oxygens (including phenoxy) is 3. The van der Waals surface area contributed by atoms with E-state index in [1.54, 1.807) is 19.2 Å². The van der Waals surface area contributed by atoms with Crippen LogP contribution in [0, 0.1) is 11.3 Å². The van der Waals surface area contributed by atoms with E-state index in [1.165, 1.54) is 0 Å². The molecule has 1 fully saturated rings. The SMILES string of the molecule is C=Nc1cc(OC)c(OCCCN2CCOCC2)cc1C#N. The zero-order chi connectivity index (χ0) is 15.8. The molecule has 0 amide bonds. The van der Waals surface area contributed by atoms with Crippen LogP contribution < -0.4 is 9.47 Å². The summed E-state index contributed by atoms with van der Waals surface area (Å²) < 4.78 is 16.4. The van der Waals surface area contributed by atoms with Gasteiger partial charge in [0, 0.05) is 31.8 Å². The highest BCUT2D eigenvalue weighted by Gasteiger charge is 2.12. The lowest BCUT2D eigenvalue weighted by Gasteiger charge is -2.26. The van der Waals surface area contributed by atoms with Gasteiger partial charge in [-0.2, -0.15) is 5.26 Å². The molecule has 0 atom stereocenters. The fourth-order valence-corrected chi connectivity index (χ4v) is 2.34. The van der Waals surface area contributed by atoms with Gasteiger partial charge in [-0.1, -0.05) is 0 Å². The lowest BCUT2D eigenvalue weighted by molar-refractivity contribution is 0.0357. The van der Waals surface area contributed by atoms with Gasteiger partial charge >= 0.3 is 0 Å². The molecule has 0 radical (unpaired) electrons. The van der Waals surface area contributed by atoms with Crippen LogP contribution in [0.2, 0.25) is 0 Å². The van der Waals surface area contributed by atoms with Crippen LogP contribution in [-0.2, 0) is 4.74 Å². The number of aliphatic imine (C=N–C) groups is 1. The van der Waals surface area contributed by atoms with Crippen LogP contribution in [-0.4, -0.2) is 58.2 Å². The molecule has 0 N–H and O–H groups in total. The molecule has 0 unspecified atom stereocenters. The van der Waals surface area contributed by atoms with Gasteiger partial charge in [-0.3, -0.25) is 9.89 Å². The van der Waals surface area contributed by atoms with Crippen molar-refractivity contribution >= 4 is 12.4 Å². The minimum Gasteiger partial charge on any atom is -0.493 e. The lowest BCUT2D eigenvalue weighted by atomic mass is 10.1.